The number of Topliss-reactive ketones (excluding diaryl/α,β-unsaturated/α-hetero) is 1. The number of ether oxygens (including phenoxy) is 1. The fourth-order valence-electron chi connectivity index (χ4n) is 4.16. The molecule has 2 aliphatic rings. The molecule has 200 valence electrons. The third kappa shape index (κ3) is 10.1. The molecule has 0 saturated carbocycles. The number of urea groups is 1. The van der Waals surface area contributed by atoms with E-state index in [1.165, 1.54) is 0 Å². The molecule has 2 aliphatic heterocycles. The summed E-state index contributed by atoms with van der Waals surface area (Å²) < 4.78 is 5.27. The molecule has 2 fully saturated rings. The van der Waals surface area contributed by atoms with Crippen LogP contribution in [0.1, 0.15) is 40.0 Å². The molecule has 2 heterocycles. The second-order valence-corrected chi connectivity index (χ2v) is 9.82. The van der Waals surface area contributed by atoms with Gasteiger partial charge in [0, 0.05) is 45.8 Å². The highest BCUT2D eigenvalue weighted by Crippen LogP contribution is 2.08. The molecule has 2 atom stereocenters. The van der Waals surface area contributed by atoms with E-state index in [1.54, 1.807) is 11.8 Å². The first-order chi connectivity index (χ1) is 16.7. The maximum atomic E-state index is 13.0. The van der Waals surface area contributed by atoms with Crippen LogP contribution in [0.2, 0.25) is 0 Å². The van der Waals surface area contributed by atoms with Crippen molar-refractivity contribution in [1.82, 2.24) is 30.7 Å². The molecule has 0 aromatic heterocycles. The lowest BCUT2D eigenvalue weighted by Crippen LogP contribution is -2.56. The minimum atomic E-state index is -0.935. The third-order valence-corrected chi connectivity index (χ3v) is 6.42. The lowest BCUT2D eigenvalue weighted by Gasteiger charge is -2.32. The van der Waals surface area contributed by atoms with Gasteiger partial charge in [-0.2, -0.15) is 0 Å². The molecule has 4 amide bonds. The molecule has 0 spiro atoms. The monoisotopic (exact) mass is 496 g/mol. The Morgan fingerprint density at radius 1 is 0.914 bits per heavy atom. The minimum Gasteiger partial charge on any atom is -0.378 e. The second kappa shape index (κ2) is 15.0. The predicted molar refractivity (Wildman–Crippen MR) is 133 cm³/mol. The smallest absolute Gasteiger partial charge is 0.318 e. The zero-order chi connectivity index (χ0) is 25.8. The fraction of sp³-hybridized carbons (Fsp3) is 0.833. The number of hydrogen-bond donors (Lipinski definition) is 3. The van der Waals surface area contributed by atoms with Crippen LogP contribution in [0.4, 0.5) is 4.79 Å². The van der Waals surface area contributed by atoms with E-state index in [0.29, 0.717) is 39.3 Å². The number of piperazine rings is 1. The van der Waals surface area contributed by atoms with Gasteiger partial charge in [-0.05, 0) is 38.8 Å². The van der Waals surface area contributed by atoms with E-state index in [-0.39, 0.29) is 18.4 Å². The number of carbonyl (C=O) groups excluding carboxylic acids is 4. The molecular formula is C24H44N6O5. The molecule has 0 aromatic rings. The van der Waals surface area contributed by atoms with Gasteiger partial charge in [0.15, 0.2) is 0 Å². The van der Waals surface area contributed by atoms with Crippen molar-refractivity contribution in [1.29, 1.82) is 0 Å². The summed E-state index contributed by atoms with van der Waals surface area (Å²) in [6, 6.07) is -2.06. The van der Waals surface area contributed by atoms with Crippen LogP contribution in [0.5, 0.6) is 0 Å². The molecule has 11 heteroatoms. The van der Waals surface area contributed by atoms with Crippen molar-refractivity contribution in [2.45, 2.75) is 52.1 Å². The van der Waals surface area contributed by atoms with Crippen molar-refractivity contribution in [3.05, 3.63) is 0 Å². The van der Waals surface area contributed by atoms with Gasteiger partial charge in [0.2, 0.25) is 11.7 Å². The number of ketones is 1. The first-order valence-corrected chi connectivity index (χ1v) is 12.9. The number of rotatable bonds is 12. The summed E-state index contributed by atoms with van der Waals surface area (Å²) in [6.45, 7) is 12.9. The SMILES string of the molecule is CC[C@H](NC(=O)[C@H](CC(C)C)NC(=O)N1CCOCC1)C(=O)C(=O)NCCCN1CCN(C)CC1. The highest BCUT2D eigenvalue weighted by Gasteiger charge is 2.30. The van der Waals surface area contributed by atoms with Gasteiger partial charge in [0.1, 0.15) is 6.04 Å². The Labute approximate surface area is 209 Å². The van der Waals surface area contributed by atoms with Crippen molar-refractivity contribution in [3.8, 4) is 0 Å². The topological polar surface area (TPSA) is 123 Å². The Kier molecular flexibility index (Phi) is 12.4. The summed E-state index contributed by atoms with van der Waals surface area (Å²) in [7, 11) is 2.11. The Balaban J connectivity index is 1.82. The Bertz CT molecular complexity index is 705. The molecule has 3 N–H and O–H groups in total. The first kappa shape index (κ1) is 29.0. The maximum absolute atomic E-state index is 13.0. The number of nitrogens with one attached hydrogen (secondary N) is 3. The van der Waals surface area contributed by atoms with Crippen LogP contribution < -0.4 is 16.0 Å². The van der Waals surface area contributed by atoms with Gasteiger partial charge in [-0.3, -0.25) is 14.4 Å². The molecule has 0 unspecified atom stereocenters. The van der Waals surface area contributed by atoms with Crippen LogP contribution in [-0.4, -0.2) is 123 Å². The van der Waals surface area contributed by atoms with E-state index in [9.17, 15) is 19.2 Å². The molecule has 0 aromatic carbocycles. The highest BCUT2D eigenvalue weighted by atomic mass is 16.5. The molecule has 0 bridgehead atoms. The fourth-order valence-corrected chi connectivity index (χ4v) is 4.16. The molecular weight excluding hydrogens is 452 g/mol. The van der Waals surface area contributed by atoms with E-state index in [4.69, 9.17) is 4.74 Å². The Hall–Kier alpha value is -2.24. The number of carbonyl (C=O) groups is 4. The van der Waals surface area contributed by atoms with Crippen LogP contribution in [0, 0.1) is 5.92 Å². The Morgan fingerprint density at radius 3 is 2.17 bits per heavy atom. The number of morpholine rings is 1. The van der Waals surface area contributed by atoms with Crippen LogP contribution in [-0.2, 0) is 19.1 Å². The zero-order valence-electron chi connectivity index (χ0n) is 21.8. The molecule has 2 rings (SSSR count). The van der Waals surface area contributed by atoms with E-state index in [0.717, 1.165) is 39.1 Å². The van der Waals surface area contributed by atoms with Gasteiger partial charge < -0.3 is 35.4 Å². The number of amides is 4. The third-order valence-electron chi connectivity index (χ3n) is 6.42. The quantitative estimate of drug-likeness (QED) is 0.250. The van der Waals surface area contributed by atoms with Crippen molar-refractivity contribution in [3.63, 3.8) is 0 Å². The Morgan fingerprint density at radius 2 is 1.57 bits per heavy atom. The second-order valence-electron chi connectivity index (χ2n) is 9.82. The number of nitrogens with zero attached hydrogens (tertiary/aromatic N) is 3. The van der Waals surface area contributed by atoms with Crippen LogP contribution >= 0.6 is 0 Å². The van der Waals surface area contributed by atoms with Crippen molar-refractivity contribution < 1.29 is 23.9 Å². The average molecular weight is 497 g/mol. The van der Waals surface area contributed by atoms with Gasteiger partial charge in [-0.1, -0.05) is 20.8 Å². The lowest BCUT2D eigenvalue weighted by molar-refractivity contribution is -0.140. The summed E-state index contributed by atoms with van der Waals surface area (Å²) in [4.78, 5) is 57.0. The van der Waals surface area contributed by atoms with Gasteiger partial charge >= 0.3 is 6.03 Å². The van der Waals surface area contributed by atoms with Gasteiger partial charge in [-0.15, -0.1) is 0 Å². The van der Waals surface area contributed by atoms with E-state index < -0.39 is 29.7 Å². The van der Waals surface area contributed by atoms with E-state index in [2.05, 4.69) is 32.8 Å². The summed E-state index contributed by atoms with van der Waals surface area (Å²) in [6.07, 6.45) is 1.46. The number of likely N-dealkylation sites (N-methyl/N-ethyl adjacent to an activating group) is 1. The van der Waals surface area contributed by atoms with Crippen molar-refractivity contribution >= 4 is 23.6 Å². The summed E-state index contributed by atoms with van der Waals surface area (Å²) in [5, 5.41) is 8.17. The molecule has 0 aliphatic carbocycles. The molecule has 2 saturated heterocycles. The largest absolute Gasteiger partial charge is 0.378 e. The summed E-state index contributed by atoms with van der Waals surface area (Å²) in [5.74, 6) is -1.66. The lowest BCUT2D eigenvalue weighted by atomic mass is 10.0. The standard InChI is InChI=1S/C24H44N6O5/c1-5-19(21(31)23(33)25-7-6-8-29-11-9-28(4)10-12-29)26-22(32)20(17-18(2)3)27-24(34)30-13-15-35-16-14-30/h18-20H,5-17H2,1-4H3,(H,25,33)(H,26,32)(H,27,34)/t19-,20-/m0/s1. The van der Waals surface area contributed by atoms with Crippen LogP contribution in [0.15, 0.2) is 0 Å². The predicted octanol–water partition coefficient (Wildman–Crippen LogP) is -0.339. The van der Waals surface area contributed by atoms with Crippen LogP contribution in [0.25, 0.3) is 0 Å². The van der Waals surface area contributed by atoms with Crippen molar-refractivity contribution in [2.75, 3.05) is 72.6 Å². The van der Waals surface area contributed by atoms with Gasteiger partial charge in [0.25, 0.3) is 5.91 Å². The maximum Gasteiger partial charge on any atom is 0.318 e. The normalized spacial score (nSPS) is 19.2. The van der Waals surface area contributed by atoms with E-state index in [1.807, 2.05) is 13.8 Å². The molecule has 35 heavy (non-hydrogen) atoms. The summed E-state index contributed by atoms with van der Waals surface area (Å²) in [5.41, 5.74) is 0. The summed E-state index contributed by atoms with van der Waals surface area (Å²) >= 11 is 0. The zero-order valence-corrected chi connectivity index (χ0v) is 21.8. The average Bonchev–Trinajstić information content (AvgIpc) is 2.85. The number of hydrogen-bond acceptors (Lipinski definition) is 7. The molecule has 11 nitrogen and oxygen atoms in total. The first-order valence-electron chi connectivity index (χ1n) is 12.9. The van der Waals surface area contributed by atoms with E-state index >= 15 is 0 Å². The molecule has 0 radical (unpaired) electrons. The van der Waals surface area contributed by atoms with Gasteiger partial charge in [0.05, 0.1) is 19.3 Å². The van der Waals surface area contributed by atoms with Gasteiger partial charge in [-0.25, -0.2) is 4.79 Å². The highest BCUT2D eigenvalue weighted by molar-refractivity contribution is 6.38. The minimum absolute atomic E-state index is 0.148. The van der Waals surface area contributed by atoms with Crippen molar-refractivity contribution in [2.24, 2.45) is 5.92 Å². The van der Waals surface area contributed by atoms with Crippen LogP contribution in [0.3, 0.4) is 0 Å².